The summed E-state index contributed by atoms with van der Waals surface area (Å²) >= 11 is 6.11. The summed E-state index contributed by atoms with van der Waals surface area (Å²) in [7, 11) is -0.796. The van der Waals surface area contributed by atoms with E-state index >= 15 is 0 Å². The molecule has 1 heterocycles. The zero-order chi connectivity index (χ0) is 28.9. The van der Waals surface area contributed by atoms with Crippen LogP contribution in [0.3, 0.4) is 0 Å². The SMILES string of the molecule is CCN(C)S(=O)(=O)NC(=NC)N1CC(c2ccc(OCc3ccc(C(=O)O)cc3)cc2)C(c2ccc(Cl)cc2)=N1. The smallest absolute Gasteiger partial charge is 0.335 e. The van der Waals surface area contributed by atoms with Crippen LogP contribution in [0.4, 0.5) is 0 Å². The summed E-state index contributed by atoms with van der Waals surface area (Å²) in [6, 6.07) is 21.5. The molecule has 12 heteroatoms. The van der Waals surface area contributed by atoms with E-state index in [9.17, 15) is 13.2 Å². The summed E-state index contributed by atoms with van der Waals surface area (Å²) in [5, 5.41) is 16.0. The van der Waals surface area contributed by atoms with Crippen molar-refractivity contribution >= 4 is 39.5 Å². The van der Waals surface area contributed by atoms with Crippen molar-refractivity contribution in [1.29, 1.82) is 0 Å². The van der Waals surface area contributed by atoms with Crippen molar-refractivity contribution in [2.45, 2.75) is 19.4 Å². The van der Waals surface area contributed by atoms with Crippen LogP contribution < -0.4 is 9.46 Å². The van der Waals surface area contributed by atoms with Gasteiger partial charge in [-0.1, -0.05) is 54.9 Å². The maximum Gasteiger partial charge on any atom is 0.335 e. The molecule has 0 aliphatic carbocycles. The number of ether oxygens (including phenoxy) is 1. The van der Waals surface area contributed by atoms with Gasteiger partial charge in [0.25, 0.3) is 0 Å². The topological polar surface area (TPSA) is 124 Å². The second kappa shape index (κ2) is 12.5. The van der Waals surface area contributed by atoms with Gasteiger partial charge >= 0.3 is 16.2 Å². The first-order chi connectivity index (χ1) is 19.1. The molecule has 0 saturated carbocycles. The molecule has 0 radical (unpaired) electrons. The Balaban J connectivity index is 1.54. The van der Waals surface area contributed by atoms with Crippen LogP contribution in [0.5, 0.6) is 5.75 Å². The maximum absolute atomic E-state index is 12.7. The van der Waals surface area contributed by atoms with E-state index < -0.39 is 16.2 Å². The Morgan fingerprint density at radius 3 is 2.35 bits per heavy atom. The molecule has 0 aromatic heterocycles. The van der Waals surface area contributed by atoms with Gasteiger partial charge in [0.15, 0.2) is 0 Å². The average molecular weight is 584 g/mol. The van der Waals surface area contributed by atoms with Crippen molar-refractivity contribution in [3.05, 3.63) is 100 Å². The predicted octanol–water partition coefficient (Wildman–Crippen LogP) is 4.19. The van der Waals surface area contributed by atoms with Gasteiger partial charge in [0.2, 0.25) is 5.96 Å². The zero-order valence-electron chi connectivity index (χ0n) is 22.3. The van der Waals surface area contributed by atoms with Crippen LogP contribution >= 0.6 is 11.6 Å². The quantitative estimate of drug-likeness (QED) is 0.287. The molecule has 1 atom stereocenters. The third-order valence-electron chi connectivity index (χ3n) is 6.48. The Morgan fingerprint density at radius 1 is 1.12 bits per heavy atom. The van der Waals surface area contributed by atoms with Crippen LogP contribution in [0, 0.1) is 0 Å². The highest BCUT2D eigenvalue weighted by atomic mass is 35.5. The molecule has 2 N–H and O–H groups in total. The van der Waals surface area contributed by atoms with E-state index in [0.29, 0.717) is 23.9 Å². The third kappa shape index (κ3) is 6.79. The molecule has 40 heavy (non-hydrogen) atoms. The number of benzene rings is 3. The van der Waals surface area contributed by atoms with E-state index in [0.717, 1.165) is 22.4 Å². The van der Waals surface area contributed by atoms with Crippen molar-refractivity contribution in [2.75, 3.05) is 27.2 Å². The zero-order valence-corrected chi connectivity index (χ0v) is 23.9. The Hall–Kier alpha value is -3.93. The predicted molar refractivity (Wildman–Crippen MR) is 155 cm³/mol. The number of hydrogen-bond acceptors (Lipinski definition) is 6. The van der Waals surface area contributed by atoms with Crippen molar-refractivity contribution in [1.82, 2.24) is 14.0 Å². The normalized spacial score (nSPS) is 15.7. The van der Waals surface area contributed by atoms with Crippen molar-refractivity contribution in [3.63, 3.8) is 0 Å². The molecule has 3 aromatic carbocycles. The number of halogens is 1. The minimum Gasteiger partial charge on any atom is -0.489 e. The standard InChI is InChI=1S/C28H30ClN5O5S/c1-4-33(3)40(37,38)32-28(30-2)34-17-25(26(31-34)21-9-13-23(29)14-10-21)20-11-15-24(16-12-20)39-18-19-5-7-22(8-6-19)27(35)36/h5-16,25H,4,17-18H2,1-3H3,(H,30,32)(H,35,36). The highest BCUT2D eigenvalue weighted by Gasteiger charge is 2.33. The number of hydrazone groups is 1. The van der Waals surface area contributed by atoms with E-state index in [-0.39, 0.29) is 24.0 Å². The summed E-state index contributed by atoms with van der Waals surface area (Å²) in [4.78, 5) is 15.2. The number of aliphatic imine (C=N–C) groups is 1. The molecule has 1 unspecified atom stereocenters. The first-order valence-corrected chi connectivity index (χ1v) is 14.3. The molecule has 4 rings (SSSR count). The number of rotatable bonds is 9. The van der Waals surface area contributed by atoms with Gasteiger partial charge in [0, 0.05) is 31.6 Å². The van der Waals surface area contributed by atoms with Crippen molar-refractivity contribution in [3.8, 4) is 5.75 Å². The lowest BCUT2D eigenvalue weighted by Gasteiger charge is -2.22. The fourth-order valence-electron chi connectivity index (χ4n) is 4.06. The second-order valence-electron chi connectivity index (χ2n) is 9.06. The highest BCUT2D eigenvalue weighted by Crippen LogP contribution is 2.31. The van der Waals surface area contributed by atoms with Crippen LogP contribution in [0.1, 0.15) is 39.9 Å². The summed E-state index contributed by atoms with van der Waals surface area (Å²) in [5.41, 5.74) is 3.62. The number of hydrogen-bond donors (Lipinski definition) is 2. The molecule has 10 nitrogen and oxygen atoms in total. The minimum absolute atomic E-state index is 0.114. The van der Waals surface area contributed by atoms with Crippen LogP contribution in [0.25, 0.3) is 0 Å². The average Bonchev–Trinajstić information content (AvgIpc) is 3.40. The Labute approximate surface area is 238 Å². The number of carbonyl (C=O) groups is 1. The van der Waals surface area contributed by atoms with Gasteiger partial charge in [-0.05, 0) is 53.1 Å². The molecule has 0 spiro atoms. The number of nitrogens with zero attached hydrogens (tertiary/aromatic N) is 4. The molecule has 1 aliphatic rings. The summed E-state index contributed by atoms with van der Waals surface area (Å²) in [6.07, 6.45) is 0. The van der Waals surface area contributed by atoms with Gasteiger partial charge in [-0.2, -0.15) is 17.8 Å². The van der Waals surface area contributed by atoms with Crippen LogP contribution in [0.15, 0.2) is 82.9 Å². The van der Waals surface area contributed by atoms with E-state index in [1.54, 1.807) is 48.3 Å². The maximum atomic E-state index is 12.7. The van der Waals surface area contributed by atoms with E-state index in [2.05, 4.69) is 9.71 Å². The van der Waals surface area contributed by atoms with Gasteiger partial charge in [-0.25, -0.2) is 14.5 Å². The second-order valence-corrected chi connectivity index (χ2v) is 11.3. The highest BCUT2D eigenvalue weighted by molar-refractivity contribution is 7.87. The largest absolute Gasteiger partial charge is 0.489 e. The molecule has 0 amide bonds. The molecule has 210 valence electrons. The van der Waals surface area contributed by atoms with Gasteiger partial charge in [0.1, 0.15) is 12.4 Å². The molecule has 3 aromatic rings. The molecule has 0 bridgehead atoms. The van der Waals surface area contributed by atoms with Crippen LogP contribution in [-0.2, 0) is 16.8 Å². The van der Waals surface area contributed by atoms with Gasteiger partial charge in [-0.3, -0.25) is 4.99 Å². The molecule has 0 saturated heterocycles. The van der Waals surface area contributed by atoms with Crippen LogP contribution in [0.2, 0.25) is 5.02 Å². The number of carboxylic acids is 1. The molecule has 1 aliphatic heterocycles. The number of guanidine groups is 1. The van der Waals surface area contributed by atoms with Gasteiger partial charge in [0.05, 0.1) is 17.8 Å². The monoisotopic (exact) mass is 583 g/mol. The number of aromatic carboxylic acids is 1. The Morgan fingerprint density at radius 2 is 1.77 bits per heavy atom. The number of nitrogens with one attached hydrogen (secondary N) is 1. The molecular weight excluding hydrogens is 554 g/mol. The van der Waals surface area contributed by atoms with E-state index in [1.165, 1.54) is 18.4 Å². The number of carboxylic acid groups (broad SMARTS) is 1. The Kier molecular flexibility index (Phi) is 9.08. The lowest BCUT2D eigenvalue weighted by atomic mass is 9.90. The summed E-state index contributed by atoms with van der Waals surface area (Å²) in [6.45, 7) is 2.69. The summed E-state index contributed by atoms with van der Waals surface area (Å²) < 4.78 is 35.0. The molecule has 0 fully saturated rings. The van der Waals surface area contributed by atoms with Crippen LogP contribution in [-0.4, -0.2) is 67.7 Å². The first kappa shape index (κ1) is 29.1. The lowest BCUT2D eigenvalue weighted by Crippen LogP contribution is -2.46. The van der Waals surface area contributed by atoms with E-state index in [1.807, 2.05) is 36.4 Å². The Bertz CT molecular complexity index is 1510. The fourth-order valence-corrected chi connectivity index (χ4v) is 5.11. The van der Waals surface area contributed by atoms with Gasteiger partial charge < -0.3 is 9.84 Å². The van der Waals surface area contributed by atoms with Crippen molar-refractivity contribution < 1.29 is 23.1 Å². The minimum atomic E-state index is -3.79. The van der Waals surface area contributed by atoms with Crippen molar-refractivity contribution in [2.24, 2.45) is 10.1 Å². The summed E-state index contributed by atoms with van der Waals surface area (Å²) in [5.74, 6) is -0.401. The van der Waals surface area contributed by atoms with E-state index in [4.69, 9.17) is 26.5 Å². The first-order valence-electron chi connectivity index (χ1n) is 12.5. The van der Waals surface area contributed by atoms with Gasteiger partial charge in [-0.15, -0.1) is 0 Å². The third-order valence-corrected chi connectivity index (χ3v) is 8.25. The lowest BCUT2D eigenvalue weighted by molar-refractivity contribution is 0.0696. The fraction of sp³-hybridized carbons (Fsp3) is 0.250. The molecular formula is C28H30ClN5O5S.